The molecule has 1 aromatic heterocycles. The van der Waals surface area contributed by atoms with Crippen molar-refractivity contribution in [2.75, 3.05) is 0 Å². The van der Waals surface area contributed by atoms with Gasteiger partial charge in [0.25, 0.3) is 0 Å². The Hall–Kier alpha value is -1.13. The summed E-state index contributed by atoms with van der Waals surface area (Å²) in [5.74, 6) is 0.718. The Balaban J connectivity index is 2.99. The van der Waals surface area contributed by atoms with Crippen molar-refractivity contribution in [3.05, 3.63) is 16.3 Å². The average molecular weight is 183 g/mol. The first-order valence-electron chi connectivity index (χ1n) is 3.43. The predicted molar refractivity (Wildman–Crippen MR) is 47.4 cm³/mol. The Labute approximate surface area is 74.2 Å². The third-order valence-corrected chi connectivity index (χ3v) is 1.82. The van der Waals surface area contributed by atoms with Gasteiger partial charge >= 0.3 is 0 Å². The molecule has 12 heavy (non-hydrogen) atoms. The van der Waals surface area contributed by atoms with Gasteiger partial charge in [-0.1, -0.05) is 20.8 Å². The predicted octanol–water partition coefficient (Wildman–Crippen LogP) is 2.78. The largest absolute Gasteiger partial charge is 0.217 e. The Morgan fingerprint density at radius 2 is 2.17 bits per heavy atom. The van der Waals surface area contributed by atoms with Crippen molar-refractivity contribution >= 4 is 16.7 Å². The van der Waals surface area contributed by atoms with E-state index in [1.807, 2.05) is 20.8 Å². The maximum atomic E-state index is 8.13. The summed E-state index contributed by atoms with van der Waals surface area (Å²) >= 11 is 1.12. The number of rotatable bonds is 1. The lowest BCUT2D eigenvalue weighted by Crippen LogP contribution is -2.12. The van der Waals surface area contributed by atoms with E-state index < -0.39 is 0 Å². The van der Waals surface area contributed by atoms with Gasteiger partial charge in [0.1, 0.15) is 5.82 Å². The average Bonchev–Trinajstić information content (AvgIpc) is 2.35. The van der Waals surface area contributed by atoms with E-state index in [0.29, 0.717) is 5.13 Å². The topological polar surface area (TPSA) is 74.5 Å². The molecule has 0 saturated carbocycles. The summed E-state index contributed by atoms with van der Waals surface area (Å²) in [6.45, 7) is 6.03. The minimum absolute atomic E-state index is 0.0836. The first kappa shape index (κ1) is 8.96. The zero-order chi connectivity index (χ0) is 9.19. The number of nitrogens with zero attached hydrogens (tertiary/aromatic N) is 5. The van der Waals surface area contributed by atoms with Gasteiger partial charge in [-0.2, -0.15) is 4.37 Å². The molecule has 0 atom stereocenters. The van der Waals surface area contributed by atoms with Crippen LogP contribution < -0.4 is 0 Å². The van der Waals surface area contributed by atoms with Crippen LogP contribution in [-0.4, -0.2) is 9.36 Å². The van der Waals surface area contributed by atoms with Gasteiger partial charge in [-0.05, 0) is 22.2 Å². The SMILES string of the molecule is CC(C)(C)c1nsc(N=[N+]=[N-])n1. The lowest BCUT2D eigenvalue weighted by Gasteiger charge is -2.11. The van der Waals surface area contributed by atoms with Crippen molar-refractivity contribution in [3.8, 4) is 0 Å². The fourth-order valence-electron chi connectivity index (χ4n) is 0.599. The minimum atomic E-state index is -0.0836. The number of hydrogen-bond acceptors (Lipinski definition) is 4. The summed E-state index contributed by atoms with van der Waals surface area (Å²) in [5.41, 5.74) is 8.05. The highest BCUT2D eigenvalue weighted by Crippen LogP contribution is 2.24. The summed E-state index contributed by atoms with van der Waals surface area (Å²) in [7, 11) is 0. The second kappa shape index (κ2) is 3.08. The van der Waals surface area contributed by atoms with E-state index in [4.69, 9.17) is 5.53 Å². The highest BCUT2D eigenvalue weighted by Gasteiger charge is 2.18. The molecule has 0 saturated heterocycles. The fraction of sp³-hybridized carbons (Fsp3) is 0.667. The fourth-order valence-corrected chi connectivity index (χ4v) is 1.28. The molecule has 0 aliphatic rings. The van der Waals surface area contributed by atoms with Gasteiger partial charge in [0.15, 0.2) is 5.13 Å². The molecule has 64 valence electrons. The van der Waals surface area contributed by atoms with Crippen LogP contribution in [0.15, 0.2) is 5.11 Å². The van der Waals surface area contributed by atoms with Crippen LogP contribution in [-0.2, 0) is 5.41 Å². The Kier molecular flexibility index (Phi) is 2.30. The van der Waals surface area contributed by atoms with E-state index in [1.54, 1.807) is 0 Å². The van der Waals surface area contributed by atoms with Crippen molar-refractivity contribution in [1.29, 1.82) is 0 Å². The summed E-state index contributed by atoms with van der Waals surface area (Å²) < 4.78 is 4.07. The van der Waals surface area contributed by atoms with E-state index >= 15 is 0 Å². The van der Waals surface area contributed by atoms with E-state index in [1.165, 1.54) is 0 Å². The first-order valence-corrected chi connectivity index (χ1v) is 4.20. The van der Waals surface area contributed by atoms with Gasteiger partial charge in [-0.25, -0.2) is 4.98 Å². The maximum absolute atomic E-state index is 8.13. The van der Waals surface area contributed by atoms with Crippen LogP contribution in [0, 0.1) is 0 Å². The van der Waals surface area contributed by atoms with E-state index in [9.17, 15) is 0 Å². The lowest BCUT2D eigenvalue weighted by atomic mass is 9.96. The number of azide groups is 1. The Bertz CT molecular complexity index is 317. The zero-order valence-corrected chi connectivity index (χ0v) is 7.96. The van der Waals surface area contributed by atoms with Crippen LogP contribution in [0.5, 0.6) is 0 Å². The third kappa shape index (κ3) is 1.93. The monoisotopic (exact) mass is 183 g/mol. The second-order valence-electron chi connectivity index (χ2n) is 3.34. The van der Waals surface area contributed by atoms with Gasteiger partial charge in [0.2, 0.25) is 0 Å². The Morgan fingerprint density at radius 1 is 1.50 bits per heavy atom. The van der Waals surface area contributed by atoms with Crippen molar-refractivity contribution < 1.29 is 0 Å². The molecule has 0 amide bonds. The van der Waals surface area contributed by atoms with Gasteiger partial charge in [0, 0.05) is 10.3 Å². The Morgan fingerprint density at radius 3 is 2.58 bits per heavy atom. The smallest absolute Gasteiger partial charge is 0.200 e. The van der Waals surface area contributed by atoms with Crippen molar-refractivity contribution in [2.45, 2.75) is 26.2 Å². The van der Waals surface area contributed by atoms with Crippen molar-refractivity contribution in [3.63, 3.8) is 0 Å². The zero-order valence-electron chi connectivity index (χ0n) is 7.14. The van der Waals surface area contributed by atoms with Crippen molar-refractivity contribution in [2.24, 2.45) is 5.11 Å². The van der Waals surface area contributed by atoms with E-state index in [-0.39, 0.29) is 5.41 Å². The summed E-state index contributed by atoms with van der Waals surface area (Å²) in [6.07, 6.45) is 0. The summed E-state index contributed by atoms with van der Waals surface area (Å²) in [4.78, 5) is 6.69. The van der Waals surface area contributed by atoms with Crippen LogP contribution in [0.1, 0.15) is 26.6 Å². The number of aromatic nitrogens is 2. The normalized spacial score (nSPS) is 10.9. The molecule has 1 rings (SSSR count). The first-order chi connectivity index (χ1) is 5.54. The molecule has 0 aromatic carbocycles. The highest BCUT2D eigenvalue weighted by molar-refractivity contribution is 7.09. The van der Waals surface area contributed by atoms with Crippen LogP contribution >= 0.6 is 11.5 Å². The molecule has 0 aliphatic carbocycles. The maximum Gasteiger partial charge on any atom is 0.200 e. The van der Waals surface area contributed by atoms with Gasteiger partial charge in [-0.15, -0.1) is 0 Å². The van der Waals surface area contributed by atoms with Crippen LogP contribution in [0.25, 0.3) is 10.4 Å². The van der Waals surface area contributed by atoms with Crippen molar-refractivity contribution in [1.82, 2.24) is 9.36 Å². The minimum Gasteiger partial charge on any atom is -0.217 e. The molecule has 1 heterocycles. The lowest BCUT2D eigenvalue weighted by molar-refractivity contribution is 0.555. The van der Waals surface area contributed by atoms with Gasteiger partial charge in [0.05, 0.1) is 0 Å². The molecule has 0 fully saturated rings. The van der Waals surface area contributed by atoms with Gasteiger partial charge < -0.3 is 0 Å². The summed E-state index contributed by atoms with van der Waals surface area (Å²) in [6, 6.07) is 0. The van der Waals surface area contributed by atoms with Crippen LogP contribution in [0.2, 0.25) is 0 Å². The third-order valence-electron chi connectivity index (χ3n) is 1.22. The quantitative estimate of drug-likeness (QED) is 0.381. The summed E-state index contributed by atoms with van der Waals surface area (Å²) in [5, 5.41) is 3.74. The second-order valence-corrected chi connectivity index (χ2v) is 4.07. The molecule has 0 aliphatic heterocycles. The van der Waals surface area contributed by atoms with E-state index in [2.05, 4.69) is 19.4 Å². The highest BCUT2D eigenvalue weighted by atomic mass is 32.1. The van der Waals surface area contributed by atoms with Gasteiger partial charge in [-0.3, -0.25) is 0 Å². The molecule has 6 heteroatoms. The standard InChI is InChI=1S/C6H9N5S/c1-6(2,3)4-8-5(9-11-7)12-10-4/h1-3H3. The molecular weight excluding hydrogens is 174 g/mol. The molecule has 0 bridgehead atoms. The number of hydrogen-bond donors (Lipinski definition) is 0. The molecular formula is C6H9N5S. The molecule has 0 unspecified atom stereocenters. The molecule has 0 N–H and O–H groups in total. The molecule has 0 radical (unpaired) electrons. The van der Waals surface area contributed by atoms with Crippen LogP contribution in [0.4, 0.5) is 5.13 Å². The van der Waals surface area contributed by atoms with E-state index in [0.717, 1.165) is 17.4 Å². The van der Waals surface area contributed by atoms with Crippen LogP contribution in [0.3, 0.4) is 0 Å². The molecule has 0 spiro atoms. The molecule has 5 nitrogen and oxygen atoms in total. The molecule has 1 aromatic rings.